The van der Waals surface area contributed by atoms with Crippen molar-refractivity contribution in [3.63, 3.8) is 0 Å². The molecule has 6 aliphatic heterocycles. The maximum Gasteiger partial charge on any atom is 0.281 e. The summed E-state index contributed by atoms with van der Waals surface area (Å²) in [6.07, 6.45) is 7.87. The number of nitrogens with one attached hydrogen (secondary N) is 2. The quantitative estimate of drug-likeness (QED) is 0.129. The van der Waals surface area contributed by atoms with E-state index in [2.05, 4.69) is 58.3 Å². The van der Waals surface area contributed by atoms with E-state index < -0.39 is 47.6 Å². The number of fused-ring (bicyclic) bond motifs is 7. The summed E-state index contributed by atoms with van der Waals surface area (Å²) in [7, 11) is 2.03. The Balaban J connectivity index is 0.000000168. The van der Waals surface area contributed by atoms with Crippen LogP contribution in [0.5, 0.6) is 0 Å². The number of aromatic amines is 1. The van der Waals surface area contributed by atoms with Crippen LogP contribution in [0.3, 0.4) is 0 Å². The van der Waals surface area contributed by atoms with Crippen LogP contribution in [-0.2, 0) is 38.5 Å². The van der Waals surface area contributed by atoms with Crippen molar-refractivity contribution < 1.29 is 38.2 Å². The third kappa shape index (κ3) is 8.44. The Kier molecular flexibility index (Phi) is 13.3. The van der Waals surface area contributed by atoms with Gasteiger partial charge in [-0.2, -0.15) is 0 Å². The number of halogens is 2. The number of aromatic nitrogens is 4. The number of carbonyl (C=O) groups excluding carboxylic acids is 3. The van der Waals surface area contributed by atoms with E-state index in [1.807, 2.05) is 40.0 Å². The van der Waals surface area contributed by atoms with Crippen molar-refractivity contribution >= 4 is 61.1 Å². The van der Waals surface area contributed by atoms with Crippen LogP contribution < -0.4 is 10.9 Å². The second-order valence-electron chi connectivity index (χ2n) is 22.4. The first-order valence-corrected chi connectivity index (χ1v) is 27.3. The number of piperazine rings is 1. The van der Waals surface area contributed by atoms with Gasteiger partial charge in [0.15, 0.2) is 5.58 Å². The minimum atomic E-state index is -2.01. The van der Waals surface area contributed by atoms with Gasteiger partial charge in [0.2, 0.25) is 17.5 Å². The standard InChI is InChI=1S/C32H40BrN5O5.C23H27FN4O3/c1-16(2)12-24-29(40)37-11-7-10-25(37)32(42)38(24)30(41)31(43-32,17(3)4)35-28(39)18-13-20-19-8-6-9-22-26(19)21(27(33)34-22)14-23(20)36(5)15-18;1-14-17(23(30)28-9-2-3-19(29)22(28)25-14)8-12-27-10-6-15(7-11-27)21-18-5-4-16(24)13-20(18)31-26-21/h6,8-9,13,16-18,23-25,34,42H,7,10-12,14-15H2,1-5H3,(H,35,39);4-5,13,15,19,29H,2-3,6-12H2,1H3/t18-,23-,24+,25+,31-,32+;19-/m11/s1. The van der Waals surface area contributed by atoms with Crippen LogP contribution in [0.4, 0.5) is 4.39 Å². The van der Waals surface area contributed by atoms with Crippen LogP contribution >= 0.6 is 15.9 Å². The monoisotopic (exact) mass is 1080 g/mol. The molecule has 7 aliphatic rings. The molecule has 17 nitrogen and oxygen atoms in total. The molecule has 2 aromatic carbocycles. The molecule has 0 saturated carbocycles. The Morgan fingerprint density at radius 1 is 1.04 bits per heavy atom. The van der Waals surface area contributed by atoms with Crippen molar-refractivity contribution in [2.24, 2.45) is 17.8 Å². The normalized spacial score (nSPS) is 28.1. The molecule has 3 aromatic heterocycles. The van der Waals surface area contributed by atoms with Gasteiger partial charge in [-0.25, -0.2) is 9.37 Å². The van der Waals surface area contributed by atoms with Gasteiger partial charge >= 0.3 is 0 Å². The number of aliphatic hydroxyl groups is 2. The first-order valence-electron chi connectivity index (χ1n) is 26.5. The fourth-order valence-corrected chi connectivity index (χ4v) is 13.7. The van der Waals surface area contributed by atoms with Crippen LogP contribution in [0.2, 0.25) is 0 Å². The SMILES string of the molecule is CC(C)C[C@H]1C(=O)N2CCC[C@H]2[C@]2(O)O[C@](NC(=O)[C@@H]3C=C4c5cccc6[nH]c(Br)c(c56)C[C@H]4N(C)C3)(C(C)C)C(=O)N12.Cc1nc2n(c(=O)c1CCN1CCC(c3noc4cc(F)ccc34)CC1)CCC[C@H]2O. The summed E-state index contributed by atoms with van der Waals surface area (Å²) in [5, 5.41) is 31.6. The number of aryl methyl sites for hydroxylation is 1. The van der Waals surface area contributed by atoms with Gasteiger partial charge in [-0.3, -0.25) is 38.3 Å². The summed E-state index contributed by atoms with van der Waals surface area (Å²) in [4.78, 5) is 70.7. The van der Waals surface area contributed by atoms with Gasteiger partial charge in [-0.1, -0.05) is 51.1 Å². The molecule has 0 spiro atoms. The van der Waals surface area contributed by atoms with E-state index in [0.717, 1.165) is 95.3 Å². The lowest BCUT2D eigenvalue weighted by atomic mass is 9.79. The first-order chi connectivity index (χ1) is 35.4. The van der Waals surface area contributed by atoms with Gasteiger partial charge in [-0.05, 0) is 142 Å². The molecule has 0 bridgehead atoms. The number of aliphatic hydroxyl groups excluding tert-OH is 1. The van der Waals surface area contributed by atoms with E-state index in [9.17, 15) is 33.8 Å². The van der Waals surface area contributed by atoms with Gasteiger partial charge in [0.05, 0.1) is 16.2 Å². The molecule has 0 unspecified atom stereocenters. The average Bonchev–Trinajstić information content (AvgIpc) is 4.16. The number of hydrogen-bond acceptors (Lipinski definition) is 12. The number of likely N-dealkylation sites (tertiary alicyclic amines) is 1. The minimum absolute atomic E-state index is 0.00237. The summed E-state index contributed by atoms with van der Waals surface area (Å²) in [5.41, 5.74) is 5.57. The molecule has 12 rings (SSSR count). The maximum absolute atomic E-state index is 14.4. The lowest BCUT2D eigenvalue weighted by molar-refractivity contribution is -0.322. The lowest BCUT2D eigenvalue weighted by Crippen LogP contribution is -2.71. The van der Waals surface area contributed by atoms with Gasteiger partial charge in [0.1, 0.15) is 29.8 Å². The Bertz CT molecular complexity index is 3140. The number of hydrogen-bond donors (Lipinski definition) is 4. The molecule has 4 saturated heterocycles. The van der Waals surface area contributed by atoms with Crippen molar-refractivity contribution in [3.05, 3.63) is 97.2 Å². The highest BCUT2D eigenvalue weighted by Crippen LogP contribution is 2.49. The zero-order chi connectivity index (χ0) is 52.1. The minimum Gasteiger partial charge on any atom is -0.385 e. The van der Waals surface area contributed by atoms with E-state index in [1.54, 1.807) is 29.4 Å². The summed E-state index contributed by atoms with van der Waals surface area (Å²) >= 11 is 3.70. The topological polar surface area (TPSA) is 203 Å². The lowest BCUT2D eigenvalue weighted by Gasteiger charge is -2.49. The molecule has 0 radical (unpaired) electrons. The van der Waals surface area contributed by atoms with Gasteiger partial charge < -0.3 is 34.8 Å². The van der Waals surface area contributed by atoms with E-state index in [1.165, 1.54) is 28.0 Å². The summed E-state index contributed by atoms with van der Waals surface area (Å²) in [6.45, 7) is 13.7. The van der Waals surface area contributed by atoms with Crippen LogP contribution in [0, 0.1) is 30.5 Å². The van der Waals surface area contributed by atoms with E-state index in [-0.39, 0.29) is 35.2 Å². The molecule has 7 atom stereocenters. The number of carbonyl (C=O) groups is 3. The molecular weight excluding hydrogens is 1010 g/mol. The zero-order valence-electron chi connectivity index (χ0n) is 43.0. The van der Waals surface area contributed by atoms with Crippen molar-refractivity contribution in [1.82, 2.24) is 44.6 Å². The molecule has 9 heterocycles. The van der Waals surface area contributed by atoms with Crippen molar-refractivity contribution in [2.45, 2.75) is 141 Å². The first kappa shape index (κ1) is 50.8. The van der Waals surface area contributed by atoms with Crippen LogP contribution in [0.15, 0.2) is 56.4 Å². The highest BCUT2D eigenvalue weighted by Gasteiger charge is 2.72. The fraction of sp³-hybridized carbons (Fsp3) is 0.564. The number of piperidine rings is 1. The summed E-state index contributed by atoms with van der Waals surface area (Å²) in [5.74, 6) is -3.53. The van der Waals surface area contributed by atoms with Crippen molar-refractivity contribution in [3.8, 4) is 0 Å². The van der Waals surface area contributed by atoms with Gasteiger partial charge in [0, 0.05) is 77.7 Å². The molecule has 19 heteroatoms. The number of likely N-dealkylation sites (N-methyl/N-ethyl adjacent to an activating group) is 1. The molecular formula is C55H67BrFN9O8. The Morgan fingerprint density at radius 3 is 2.57 bits per heavy atom. The molecule has 3 amide bonds. The summed E-state index contributed by atoms with van der Waals surface area (Å²) < 4.78 is 27.8. The van der Waals surface area contributed by atoms with E-state index >= 15 is 0 Å². The molecule has 4 N–H and O–H groups in total. The Labute approximate surface area is 437 Å². The number of rotatable bonds is 9. The molecule has 1 aliphatic carbocycles. The second kappa shape index (κ2) is 19.4. The smallest absolute Gasteiger partial charge is 0.281 e. The largest absolute Gasteiger partial charge is 0.385 e. The third-order valence-corrected chi connectivity index (χ3v) is 17.7. The number of ether oxygens (including phenoxy) is 1. The average molecular weight is 1080 g/mol. The highest BCUT2D eigenvalue weighted by atomic mass is 79.9. The third-order valence-electron chi connectivity index (χ3n) is 17.0. The van der Waals surface area contributed by atoms with Crippen LogP contribution in [-0.4, -0.2) is 137 Å². The summed E-state index contributed by atoms with van der Waals surface area (Å²) in [6, 6.07) is 9.35. The Morgan fingerprint density at radius 2 is 1.81 bits per heavy atom. The molecule has 394 valence electrons. The molecule has 4 fully saturated rings. The van der Waals surface area contributed by atoms with E-state index in [0.29, 0.717) is 62.6 Å². The van der Waals surface area contributed by atoms with Gasteiger partial charge in [0.25, 0.3) is 17.4 Å². The number of nitrogens with zero attached hydrogens (tertiary/aromatic N) is 7. The predicted molar refractivity (Wildman–Crippen MR) is 278 cm³/mol. The number of H-pyrrole nitrogens is 1. The van der Waals surface area contributed by atoms with Crippen molar-refractivity contribution in [1.29, 1.82) is 0 Å². The predicted octanol–water partition coefficient (Wildman–Crippen LogP) is 6.27. The van der Waals surface area contributed by atoms with Crippen LogP contribution in [0.1, 0.15) is 119 Å². The van der Waals surface area contributed by atoms with Gasteiger partial charge in [-0.15, -0.1) is 0 Å². The fourth-order valence-electron chi connectivity index (χ4n) is 13.1. The molecule has 74 heavy (non-hydrogen) atoms. The molecule has 5 aromatic rings. The number of benzene rings is 2. The Hall–Kier alpha value is -5.31. The van der Waals surface area contributed by atoms with Crippen LogP contribution in [0.25, 0.3) is 27.4 Å². The zero-order valence-corrected chi connectivity index (χ0v) is 44.6. The van der Waals surface area contributed by atoms with Crippen molar-refractivity contribution in [2.75, 3.05) is 39.8 Å². The highest BCUT2D eigenvalue weighted by molar-refractivity contribution is 9.10. The second-order valence-corrected chi connectivity index (χ2v) is 23.2. The maximum atomic E-state index is 14.4. The van der Waals surface area contributed by atoms with E-state index in [4.69, 9.17) is 9.26 Å². The number of amides is 3.